The highest BCUT2D eigenvalue weighted by Gasteiger charge is 2.43. The lowest BCUT2D eigenvalue weighted by Gasteiger charge is -2.15. The van der Waals surface area contributed by atoms with Gasteiger partial charge in [0, 0.05) is 18.6 Å². The summed E-state index contributed by atoms with van der Waals surface area (Å²) in [5.41, 5.74) is -1.70. The van der Waals surface area contributed by atoms with Gasteiger partial charge in [0.05, 0.1) is 17.0 Å². The van der Waals surface area contributed by atoms with E-state index in [0.717, 1.165) is 25.3 Å². The Morgan fingerprint density at radius 3 is 2.20 bits per heavy atom. The van der Waals surface area contributed by atoms with Crippen LogP contribution in [0, 0.1) is 20.2 Å². The first kappa shape index (κ1) is 27.2. The molecule has 2 aromatic rings. The number of carbonyl (C=O) groups is 2. The molecule has 0 fully saturated rings. The van der Waals surface area contributed by atoms with Gasteiger partial charge in [0.25, 0.3) is 11.4 Å². The third-order valence-electron chi connectivity index (χ3n) is 4.53. The van der Waals surface area contributed by atoms with Crippen molar-refractivity contribution in [2.24, 2.45) is 0 Å². The van der Waals surface area contributed by atoms with Gasteiger partial charge in [-0.1, -0.05) is 30.3 Å². The number of carbonyl (C=O) groups excluding carboxylic acids is 2. The highest BCUT2D eigenvalue weighted by atomic mass is 31.1. The van der Waals surface area contributed by atoms with Crippen LogP contribution in [-0.2, 0) is 30.0 Å². The van der Waals surface area contributed by atoms with Crippen molar-refractivity contribution >= 4 is 31.5 Å². The molecular weight excluding hydrogens is 489 g/mol. The molecule has 0 aliphatic carbocycles. The quantitative estimate of drug-likeness (QED) is 0.184. The van der Waals surface area contributed by atoms with Gasteiger partial charge in [-0.25, -0.2) is 9.59 Å². The molecule has 0 spiro atoms. The standard InChI is InChI=1S/C20H20N3O11P/c1-32-18(24)14(21-20(26)33-12-13-6-3-2-4-7-13)10-11-34-35(31)19(25)17-15(22(27)28)8-5-9-16(17)23(29)30/h2-9,14,19,25H,10-12H2,1H3/p+1/t14-,19?/m0/s1. The number of hydrogen-bond acceptors (Lipinski definition) is 11. The van der Waals surface area contributed by atoms with Crippen molar-refractivity contribution in [3.05, 3.63) is 79.9 Å². The lowest BCUT2D eigenvalue weighted by Crippen LogP contribution is -2.42. The molecule has 0 saturated heterocycles. The van der Waals surface area contributed by atoms with E-state index in [9.17, 15) is 39.5 Å². The second kappa shape index (κ2) is 13.0. The number of alkyl carbamates (subject to hydrolysis) is 1. The van der Waals surface area contributed by atoms with Gasteiger partial charge in [-0.05, 0) is 16.2 Å². The molecule has 186 valence electrons. The molecule has 2 aromatic carbocycles. The number of ether oxygens (including phenoxy) is 2. The number of nitrogens with zero attached hydrogens (tertiary/aromatic N) is 2. The van der Waals surface area contributed by atoms with E-state index in [-0.39, 0.29) is 13.0 Å². The van der Waals surface area contributed by atoms with Crippen LogP contribution in [0.3, 0.4) is 0 Å². The third kappa shape index (κ3) is 7.78. The zero-order valence-corrected chi connectivity index (χ0v) is 19.2. The van der Waals surface area contributed by atoms with Crippen LogP contribution < -0.4 is 5.32 Å². The lowest BCUT2D eigenvalue weighted by atomic mass is 10.1. The second-order valence-electron chi connectivity index (χ2n) is 6.79. The van der Waals surface area contributed by atoms with Crippen LogP contribution in [0.1, 0.15) is 23.4 Å². The third-order valence-corrected chi connectivity index (χ3v) is 5.62. The van der Waals surface area contributed by atoms with Crippen LogP contribution in [0.5, 0.6) is 0 Å². The molecule has 1 amide bonds. The number of aliphatic hydroxyl groups is 1. The molecule has 2 N–H and O–H groups in total. The number of esters is 1. The van der Waals surface area contributed by atoms with Gasteiger partial charge >= 0.3 is 25.9 Å². The van der Waals surface area contributed by atoms with Gasteiger partial charge < -0.3 is 19.9 Å². The highest BCUT2D eigenvalue weighted by molar-refractivity contribution is 7.39. The predicted octanol–water partition coefficient (Wildman–Crippen LogP) is 3.11. The van der Waals surface area contributed by atoms with Gasteiger partial charge in [0.15, 0.2) is 5.56 Å². The minimum atomic E-state index is -3.11. The molecule has 35 heavy (non-hydrogen) atoms. The van der Waals surface area contributed by atoms with Gasteiger partial charge in [0.2, 0.25) is 0 Å². The molecule has 0 saturated carbocycles. The maximum absolute atomic E-state index is 12.4. The molecular formula is C20H21N3O11P+. The van der Waals surface area contributed by atoms with Gasteiger partial charge in [-0.15, -0.1) is 4.52 Å². The van der Waals surface area contributed by atoms with Crippen LogP contribution >= 0.6 is 8.03 Å². The fraction of sp³-hybridized carbons (Fsp3) is 0.300. The van der Waals surface area contributed by atoms with Crippen molar-refractivity contribution in [1.82, 2.24) is 5.32 Å². The molecule has 0 bridgehead atoms. The van der Waals surface area contributed by atoms with Crippen molar-refractivity contribution in [1.29, 1.82) is 0 Å². The number of benzene rings is 2. The maximum Gasteiger partial charge on any atom is 0.546 e. The molecule has 3 atom stereocenters. The van der Waals surface area contributed by atoms with E-state index >= 15 is 0 Å². The molecule has 14 nitrogen and oxygen atoms in total. The highest BCUT2D eigenvalue weighted by Crippen LogP contribution is 2.46. The summed E-state index contributed by atoms with van der Waals surface area (Å²) >= 11 is 0. The Labute approximate surface area is 199 Å². The van der Waals surface area contributed by atoms with E-state index in [1.807, 2.05) is 0 Å². The summed E-state index contributed by atoms with van der Waals surface area (Å²) < 4.78 is 27.0. The Morgan fingerprint density at radius 1 is 1.06 bits per heavy atom. The smallest absolute Gasteiger partial charge is 0.467 e. The maximum atomic E-state index is 12.4. The Bertz CT molecular complexity index is 1060. The molecule has 0 aliphatic rings. The summed E-state index contributed by atoms with van der Waals surface area (Å²) in [4.78, 5) is 44.5. The van der Waals surface area contributed by atoms with Crippen molar-refractivity contribution in [3.8, 4) is 0 Å². The fourth-order valence-corrected chi connectivity index (χ4v) is 3.76. The van der Waals surface area contributed by atoms with E-state index in [1.165, 1.54) is 0 Å². The first-order chi connectivity index (χ1) is 16.6. The predicted molar refractivity (Wildman–Crippen MR) is 118 cm³/mol. The topological polar surface area (TPSA) is 197 Å². The Hall–Kier alpha value is -4.00. The second-order valence-corrected chi connectivity index (χ2v) is 8.10. The van der Waals surface area contributed by atoms with Gasteiger partial charge in [-0.3, -0.25) is 20.2 Å². The summed E-state index contributed by atoms with van der Waals surface area (Å²) in [6.07, 6.45) is -1.22. The van der Waals surface area contributed by atoms with Gasteiger partial charge in [0.1, 0.15) is 19.3 Å². The van der Waals surface area contributed by atoms with E-state index in [4.69, 9.17) is 9.26 Å². The van der Waals surface area contributed by atoms with Crippen LogP contribution in [0.15, 0.2) is 48.5 Å². The van der Waals surface area contributed by atoms with E-state index in [2.05, 4.69) is 10.1 Å². The zero-order valence-electron chi connectivity index (χ0n) is 18.3. The lowest BCUT2D eigenvalue weighted by molar-refractivity contribution is -0.396. The Balaban J connectivity index is 2.00. The summed E-state index contributed by atoms with van der Waals surface area (Å²) in [5.74, 6) is -3.07. The first-order valence-corrected chi connectivity index (χ1v) is 11.1. The van der Waals surface area contributed by atoms with Crippen molar-refractivity contribution in [2.75, 3.05) is 13.7 Å². The number of hydrogen-bond donors (Lipinski definition) is 2. The largest absolute Gasteiger partial charge is 0.546 e. The number of rotatable bonds is 12. The van der Waals surface area contributed by atoms with Crippen LogP contribution in [0.25, 0.3) is 0 Å². The SMILES string of the molecule is COC(=O)[C@H](CCO[P+](=O)C(O)c1c([N+](=O)[O-])cccc1[N+](=O)[O-])NC(=O)OCc1ccccc1. The Kier molecular flexibility index (Phi) is 10.1. The van der Waals surface area contributed by atoms with Crippen molar-refractivity contribution in [2.45, 2.75) is 24.9 Å². The average molecular weight is 510 g/mol. The number of amides is 1. The van der Waals surface area contributed by atoms with E-state index in [0.29, 0.717) is 5.56 Å². The molecule has 2 rings (SSSR count). The molecule has 0 aromatic heterocycles. The van der Waals surface area contributed by atoms with Crippen molar-refractivity contribution in [3.63, 3.8) is 0 Å². The first-order valence-electron chi connectivity index (χ1n) is 9.89. The number of aliphatic hydroxyl groups excluding tert-OH is 1. The van der Waals surface area contributed by atoms with Crippen LogP contribution in [0.2, 0.25) is 0 Å². The molecule has 2 unspecified atom stereocenters. The van der Waals surface area contributed by atoms with E-state index in [1.54, 1.807) is 30.3 Å². The molecule has 15 heteroatoms. The summed E-state index contributed by atoms with van der Waals surface area (Å²) in [6.45, 7) is -0.552. The summed E-state index contributed by atoms with van der Waals surface area (Å²) in [5, 5.41) is 35.0. The molecule has 0 heterocycles. The zero-order chi connectivity index (χ0) is 26.0. The number of nitrogens with one attached hydrogen (secondary N) is 1. The molecule has 0 aliphatic heterocycles. The van der Waals surface area contributed by atoms with Gasteiger partial charge in [-0.2, -0.15) is 0 Å². The van der Waals surface area contributed by atoms with Crippen molar-refractivity contribution < 1.29 is 43.1 Å². The van der Waals surface area contributed by atoms with E-state index < -0.39 is 65.4 Å². The monoisotopic (exact) mass is 510 g/mol. The number of nitro groups is 2. The minimum Gasteiger partial charge on any atom is -0.467 e. The average Bonchev–Trinajstić information content (AvgIpc) is 2.85. The Morgan fingerprint density at radius 2 is 1.66 bits per heavy atom. The van der Waals surface area contributed by atoms with Crippen LogP contribution in [-0.4, -0.2) is 46.8 Å². The normalized spacial score (nSPS) is 12.7. The summed E-state index contributed by atoms with van der Waals surface area (Å²) in [6, 6.07) is 10.3. The van der Waals surface area contributed by atoms with Crippen LogP contribution in [0.4, 0.5) is 16.2 Å². The fourth-order valence-electron chi connectivity index (χ4n) is 2.86. The molecule has 0 radical (unpaired) electrons. The minimum absolute atomic E-state index is 0.0657. The number of methoxy groups -OCH3 is 1. The summed E-state index contributed by atoms with van der Waals surface area (Å²) in [7, 11) is -2.04. The number of nitro benzene ring substituents is 2.